The summed E-state index contributed by atoms with van der Waals surface area (Å²) in [5.74, 6) is -0.785. The van der Waals surface area contributed by atoms with Crippen LogP contribution in [0.3, 0.4) is 0 Å². The molecule has 9 nitrogen and oxygen atoms in total. The molecule has 1 amide bonds. The molecule has 3 aromatic heterocycles. The standard InChI is InChI=1S/C23H20N6O3S2/c1-3-32-15(30)8-13-10-33-23(27-13)29-21(31)19-18(25)17-16(12-6-4-11(2)5-7-12)14(9-24)20(26)28-22(17)34-19/h4-7,10H,3,8,25H2,1-2H3,(H2,26,28)(H,27,29,31). The van der Waals surface area contributed by atoms with E-state index >= 15 is 0 Å². The lowest BCUT2D eigenvalue weighted by Gasteiger charge is -2.10. The Balaban J connectivity index is 1.72. The topological polar surface area (TPSA) is 157 Å². The largest absolute Gasteiger partial charge is 0.466 e. The summed E-state index contributed by atoms with van der Waals surface area (Å²) < 4.78 is 4.92. The summed E-state index contributed by atoms with van der Waals surface area (Å²) in [7, 11) is 0. The van der Waals surface area contributed by atoms with Crippen molar-refractivity contribution in [2.45, 2.75) is 20.3 Å². The molecule has 1 aromatic carbocycles. The van der Waals surface area contributed by atoms with Crippen LogP contribution in [0.5, 0.6) is 0 Å². The smallest absolute Gasteiger partial charge is 0.311 e. The monoisotopic (exact) mass is 492 g/mol. The number of nitrogens with one attached hydrogen (secondary N) is 1. The third-order valence-corrected chi connectivity index (χ3v) is 6.87. The number of esters is 1. The molecule has 0 unspecified atom stereocenters. The Morgan fingerprint density at radius 1 is 1.21 bits per heavy atom. The number of pyridine rings is 1. The minimum atomic E-state index is -0.468. The molecule has 0 bridgehead atoms. The molecule has 0 aliphatic carbocycles. The first-order valence-electron chi connectivity index (χ1n) is 10.2. The number of amides is 1. The summed E-state index contributed by atoms with van der Waals surface area (Å²) >= 11 is 2.28. The van der Waals surface area contributed by atoms with Crippen molar-refractivity contribution in [1.29, 1.82) is 5.26 Å². The van der Waals surface area contributed by atoms with Crippen LogP contribution in [0.4, 0.5) is 16.6 Å². The van der Waals surface area contributed by atoms with Crippen molar-refractivity contribution in [2.24, 2.45) is 0 Å². The number of hydrogen-bond acceptors (Lipinski definition) is 10. The van der Waals surface area contributed by atoms with E-state index in [2.05, 4.69) is 21.4 Å². The van der Waals surface area contributed by atoms with Gasteiger partial charge in [-0.3, -0.25) is 14.9 Å². The number of nitriles is 1. The van der Waals surface area contributed by atoms with Crippen LogP contribution in [-0.4, -0.2) is 28.5 Å². The van der Waals surface area contributed by atoms with Gasteiger partial charge in [0.2, 0.25) is 0 Å². The minimum Gasteiger partial charge on any atom is -0.466 e. The van der Waals surface area contributed by atoms with Gasteiger partial charge in [0, 0.05) is 16.3 Å². The van der Waals surface area contributed by atoms with Crippen LogP contribution >= 0.6 is 22.7 Å². The first-order chi connectivity index (χ1) is 16.3. The molecule has 0 fully saturated rings. The highest BCUT2D eigenvalue weighted by atomic mass is 32.1. The summed E-state index contributed by atoms with van der Waals surface area (Å²) in [6, 6.07) is 9.71. The maximum absolute atomic E-state index is 13.0. The maximum atomic E-state index is 13.0. The van der Waals surface area contributed by atoms with Crippen molar-refractivity contribution in [1.82, 2.24) is 9.97 Å². The average molecular weight is 493 g/mol. The number of carbonyl (C=O) groups is 2. The highest BCUT2D eigenvalue weighted by Crippen LogP contribution is 2.42. The zero-order valence-corrected chi connectivity index (χ0v) is 20.0. The lowest BCUT2D eigenvalue weighted by Crippen LogP contribution is -2.12. The molecule has 0 radical (unpaired) electrons. The molecule has 3 heterocycles. The van der Waals surface area contributed by atoms with E-state index < -0.39 is 5.91 Å². The second-order valence-electron chi connectivity index (χ2n) is 7.33. The van der Waals surface area contributed by atoms with Crippen LogP contribution in [0.15, 0.2) is 29.6 Å². The normalized spacial score (nSPS) is 10.7. The number of rotatable bonds is 6. The highest BCUT2D eigenvalue weighted by molar-refractivity contribution is 7.21. The summed E-state index contributed by atoms with van der Waals surface area (Å²) in [5, 5.41) is 15.0. The summed E-state index contributed by atoms with van der Waals surface area (Å²) in [5.41, 5.74) is 15.8. The SMILES string of the molecule is CCOC(=O)Cc1csc(NC(=O)c2sc3nc(N)c(C#N)c(-c4ccc(C)cc4)c3c2N)n1. The lowest BCUT2D eigenvalue weighted by molar-refractivity contribution is -0.142. The van der Waals surface area contributed by atoms with Gasteiger partial charge in [0.05, 0.1) is 24.4 Å². The van der Waals surface area contributed by atoms with Gasteiger partial charge in [-0.15, -0.1) is 22.7 Å². The fourth-order valence-electron chi connectivity index (χ4n) is 3.42. The summed E-state index contributed by atoms with van der Waals surface area (Å²) in [6.45, 7) is 3.98. The number of thiazole rings is 1. The Morgan fingerprint density at radius 2 is 1.94 bits per heavy atom. The quantitative estimate of drug-likeness (QED) is 0.339. The molecule has 34 heavy (non-hydrogen) atoms. The van der Waals surface area contributed by atoms with Crippen LogP contribution in [0.2, 0.25) is 0 Å². The van der Waals surface area contributed by atoms with Gasteiger partial charge in [0.25, 0.3) is 5.91 Å². The first kappa shape index (κ1) is 23.2. The molecule has 4 rings (SSSR count). The van der Waals surface area contributed by atoms with Crippen molar-refractivity contribution in [3.8, 4) is 17.2 Å². The van der Waals surface area contributed by atoms with E-state index in [9.17, 15) is 14.9 Å². The molecular formula is C23H20N6O3S2. The van der Waals surface area contributed by atoms with Crippen LogP contribution < -0.4 is 16.8 Å². The highest BCUT2D eigenvalue weighted by Gasteiger charge is 2.25. The van der Waals surface area contributed by atoms with E-state index in [4.69, 9.17) is 16.2 Å². The van der Waals surface area contributed by atoms with Crippen LogP contribution in [0, 0.1) is 18.3 Å². The molecule has 4 aromatic rings. The summed E-state index contributed by atoms with van der Waals surface area (Å²) in [6.07, 6.45) is 0.0191. The fourth-order valence-corrected chi connectivity index (χ4v) is 5.13. The number of nitrogens with zero attached hydrogens (tertiary/aromatic N) is 3. The fraction of sp³-hybridized carbons (Fsp3) is 0.174. The molecule has 172 valence electrons. The zero-order chi connectivity index (χ0) is 24.4. The number of fused-ring (bicyclic) bond motifs is 1. The van der Waals surface area contributed by atoms with E-state index in [0.717, 1.165) is 22.5 Å². The van der Waals surface area contributed by atoms with Crippen LogP contribution in [0.25, 0.3) is 21.3 Å². The van der Waals surface area contributed by atoms with E-state index in [0.29, 0.717) is 26.6 Å². The Labute approximate surface area is 203 Å². The number of aryl methyl sites for hydroxylation is 1. The zero-order valence-electron chi connectivity index (χ0n) is 18.3. The van der Waals surface area contributed by atoms with Gasteiger partial charge in [0.15, 0.2) is 5.13 Å². The number of thiophene rings is 1. The van der Waals surface area contributed by atoms with Gasteiger partial charge >= 0.3 is 5.97 Å². The van der Waals surface area contributed by atoms with Gasteiger partial charge in [-0.1, -0.05) is 29.8 Å². The predicted octanol–water partition coefficient (Wildman–Crippen LogP) is 4.12. The Kier molecular flexibility index (Phi) is 6.45. The Bertz CT molecular complexity index is 1450. The van der Waals surface area contributed by atoms with Gasteiger partial charge in [-0.2, -0.15) is 5.26 Å². The molecule has 0 aliphatic rings. The van der Waals surface area contributed by atoms with E-state index in [1.165, 1.54) is 11.3 Å². The van der Waals surface area contributed by atoms with Gasteiger partial charge in [-0.25, -0.2) is 9.97 Å². The number of ether oxygens (including phenoxy) is 1. The van der Waals surface area contributed by atoms with Gasteiger partial charge in [0.1, 0.15) is 27.2 Å². The van der Waals surface area contributed by atoms with Gasteiger partial charge < -0.3 is 16.2 Å². The number of nitrogen functional groups attached to an aromatic ring is 2. The first-order valence-corrected chi connectivity index (χ1v) is 11.9. The Hall–Kier alpha value is -4.01. The van der Waals surface area contributed by atoms with Crippen LogP contribution in [-0.2, 0) is 16.0 Å². The maximum Gasteiger partial charge on any atom is 0.311 e. The molecule has 0 atom stereocenters. The third-order valence-electron chi connectivity index (χ3n) is 4.97. The minimum absolute atomic E-state index is 0.0191. The number of carbonyl (C=O) groups excluding carboxylic acids is 2. The molecule has 5 N–H and O–H groups in total. The number of hydrogen-bond donors (Lipinski definition) is 3. The van der Waals surface area contributed by atoms with Crippen molar-refractivity contribution in [3.05, 3.63) is 51.3 Å². The molecule has 11 heteroatoms. The molecule has 0 aliphatic heterocycles. The van der Waals surface area contributed by atoms with E-state index in [1.807, 2.05) is 31.2 Å². The van der Waals surface area contributed by atoms with E-state index in [1.54, 1.807) is 12.3 Å². The van der Waals surface area contributed by atoms with E-state index in [-0.39, 0.29) is 40.9 Å². The molecule has 0 saturated heterocycles. The molecular weight excluding hydrogens is 472 g/mol. The Morgan fingerprint density at radius 3 is 2.62 bits per heavy atom. The average Bonchev–Trinajstić information content (AvgIpc) is 3.37. The molecule has 0 saturated carbocycles. The number of anilines is 3. The number of nitrogens with two attached hydrogens (primary N) is 2. The number of aromatic nitrogens is 2. The van der Waals surface area contributed by atoms with Crippen molar-refractivity contribution in [2.75, 3.05) is 23.4 Å². The number of benzene rings is 1. The lowest BCUT2D eigenvalue weighted by atomic mass is 9.96. The van der Waals surface area contributed by atoms with Crippen molar-refractivity contribution >= 4 is 61.4 Å². The van der Waals surface area contributed by atoms with Crippen molar-refractivity contribution in [3.63, 3.8) is 0 Å². The van der Waals surface area contributed by atoms with Crippen molar-refractivity contribution < 1.29 is 14.3 Å². The summed E-state index contributed by atoms with van der Waals surface area (Å²) in [4.78, 5) is 34.0. The third kappa shape index (κ3) is 4.41. The second-order valence-corrected chi connectivity index (χ2v) is 9.19. The second kappa shape index (κ2) is 9.46. The molecule has 0 spiro atoms. The van der Waals surface area contributed by atoms with Gasteiger partial charge in [-0.05, 0) is 19.4 Å². The predicted molar refractivity (Wildman–Crippen MR) is 134 cm³/mol. The van der Waals surface area contributed by atoms with Crippen LogP contribution in [0.1, 0.15) is 33.4 Å².